The number of aryl methyl sites for hydroxylation is 1. The lowest BCUT2D eigenvalue weighted by molar-refractivity contribution is 0.0993. The monoisotopic (exact) mass is 163 g/mol. The Hall–Kier alpha value is -1.64. The summed E-state index contributed by atoms with van der Waals surface area (Å²) in [6.07, 6.45) is 0.625. The fourth-order valence-electron chi connectivity index (χ4n) is 0.986. The number of carbonyl (C=O) groups is 2. The average molecular weight is 163 g/mol. The summed E-state index contributed by atoms with van der Waals surface area (Å²) in [6.45, 7) is 1.83. The zero-order valence-corrected chi connectivity index (χ0v) is 6.70. The van der Waals surface area contributed by atoms with Crippen LogP contribution in [0.3, 0.4) is 0 Å². The Morgan fingerprint density at radius 1 is 1.50 bits per heavy atom. The molecule has 12 heavy (non-hydrogen) atoms. The number of benzene rings is 1. The van der Waals surface area contributed by atoms with Gasteiger partial charge in [0.15, 0.2) is 6.29 Å². The highest BCUT2D eigenvalue weighted by Gasteiger charge is 2.06. The van der Waals surface area contributed by atoms with Crippen molar-refractivity contribution in [2.45, 2.75) is 6.92 Å². The van der Waals surface area contributed by atoms with E-state index in [-0.39, 0.29) is 5.56 Å². The number of aldehydes is 1. The summed E-state index contributed by atoms with van der Waals surface area (Å²) in [5.74, 6) is -0.569. The Bertz CT molecular complexity index is 331. The smallest absolute Gasteiger partial charge is 0.249 e. The normalized spacial score (nSPS) is 9.42. The molecule has 0 bridgehead atoms. The number of hydrogen-bond acceptors (Lipinski definition) is 2. The first-order valence-electron chi connectivity index (χ1n) is 3.51. The van der Waals surface area contributed by atoms with Gasteiger partial charge in [0.1, 0.15) is 0 Å². The molecule has 0 atom stereocenters. The first kappa shape index (κ1) is 8.46. The first-order chi connectivity index (χ1) is 5.65. The van der Waals surface area contributed by atoms with Crippen LogP contribution in [-0.2, 0) is 0 Å². The van der Waals surface area contributed by atoms with Gasteiger partial charge in [0.25, 0.3) is 0 Å². The summed E-state index contributed by atoms with van der Waals surface area (Å²) in [5.41, 5.74) is 6.60. The van der Waals surface area contributed by atoms with E-state index in [0.29, 0.717) is 11.8 Å². The molecule has 0 aliphatic carbocycles. The van der Waals surface area contributed by atoms with Crippen molar-refractivity contribution in [1.29, 1.82) is 0 Å². The molecule has 1 aromatic carbocycles. The van der Waals surface area contributed by atoms with Crippen molar-refractivity contribution < 1.29 is 9.59 Å². The molecular weight excluding hydrogens is 154 g/mol. The van der Waals surface area contributed by atoms with E-state index in [2.05, 4.69) is 0 Å². The van der Waals surface area contributed by atoms with Crippen LogP contribution < -0.4 is 5.73 Å². The topological polar surface area (TPSA) is 60.2 Å². The van der Waals surface area contributed by atoms with Crippen LogP contribution >= 0.6 is 0 Å². The summed E-state index contributed by atoms with van der Waals surface area (Å²) in [7, 11) is 0. The third kappa shape index (κ3) is 1.50. The predicted molar refractivity (Wildman–Crippen MR) is 45.1 cm³/mol. The van der Waals surface area contributed by atoms with Gasteiger partial charge in [-0.1, -0.05) is 17.7 Å². The molecule has 0 saturated heterocycles. The van der Waals surface area contributed by atoms with Crippen LogP contribution in [0.2, 0.25) is 0 Å². The minimum Gasteiger partial charge on any atom is -0.366 e. The molecule has 0 unspecified atom stereocenters. The molecule has 2 N–H and O–H groups in total. The molecule has 3 nitrogen and oxygen atoms in total. The molecule has 0 heterocycles. The Morgan fingerprint density at radius 2 is 2.17 bits per heavy atom. The van der Waals surface area contributed by atoms with E-state index in [1.54, 1.807) is 18.2 Å². The largest absolute Gasteiger partial charge is 0.366 e. The van der Waals surface area contributed by atoms with Gasteiger partial charge in [0.2, 0.25) is 5.91 Å². The standard InChI is InChI=1S/C9H9NO2/c1-6-2-3-7(5-11)8(4-6)9(10)12/h2-5H,1H3,(H2,10,12). The Kier molecular flexibility index (Phi) is 2.24. The summed E-state index contributed by atoms with van der Waals surface area (Å²) in [6, 6.07) is 4.95. The summed E-state index contributed by atoms with van der Waals surface area (Å²) < 4.78 is 0. The minimum absolute atomic E-state index is 0.282. The van der Waals surface area contributed by atoms with Crippen LogP contribution in [0.5, 0.6) is 0 Å². The molecule has 62 valence electrons. The zero-order valence-electron chi connectivity index (χ0n) is 6.70. The van der Waals surface area contributed by atoms with Crippen molar-refractivity contribution in [3.63, 3.8) is 0 Å². The molecule has 0 radical (unpaired) electrons. The van der Waals surface area contributed by atoms with Crippen molar-refractivity contribution in [3.8, 4) is 0 Å². The highest BCUT2D eigenvalue weighted by Crippen LogP contribution is 2.08. The molecule has 0 spiro atoms. The maximum absolute atomic E-state index is 10.8. The Balaban J connectivity index is 3.30. The van der Waals surface area contributed by atoms with Gasteiger partial charge in [-0.05, 0) is 13.0 Å². The fraction of sp³-hybridized carbons (Fsp3) is 0.111. The SMILES string of the molecule is Cc1ccc(C=O)c(C(N)=O)c1. The lowest BCUT2D eigenvalue weighted by atomic mass is 10.1. The lowest BCUT2D eigenvalue weighted by Crippen LogP contribution is -2.13. The van der Waals surface area contributed by atoms with Crippen molar-refractivity contribution in [2.24, 2.45) is 5.73 Å². The van der Waals surface area contributed by atoms with E-state index in [1.165, 1.54) is 0 Å². The molecule has 0 saturated carbocycles. The molecule has 1 rings (SSSR count). The second-order valence-electron chi connectivity index (χ2n) is 2.57. The van der Waals surface area contributed by atoms with Gasteiger partial charge in [-0.2, -0.15) is 0 Å². The van der Waals surface area contributed by atoms with Crippen LogP contribution in [0.25, 0.3) is 0 Å². The van der Waals surface area contributed by atoms with Gasteiger partial charge in [-0.15, -0.1) is 0 Å². The zero-order chi connectivity index (χ0) is 9.14. The maximum atomic E-state index is 10.8. The molecule has 0 fully saturated rings. The predicted octanol–water partition coefficient (Wildman–Crippen LogP) is 0.906. The second-order valence-corrected chi connectivity index (χ2v) is 2.57. The van der Waals surface area contributed by atoms with Crippen LogP contribution in [0.15, 0.2) is 18.2 Å². The van der Waals surface area contributed by atoms with E-state index in [4.69, 9.17) is 5.73 Å². The van der Waals surface area contributed by atoms with Gasteiger partial charge >= 0.3 is 0 Å². The minimum atomic E-state index is -0.569. The first-order valence-corrected chi connectivity index (χ1v) is 3.51. The number of rotatable bonds is 2. The molecule has 1 amide bonds. The van der Waals surface area contributed by atoms with Crippen molar-refractivity contribution in [1.82, 2.24) is 0 Å². The Labute approximate surface area is 70.2 Å². The van der Waals surface area contributed by atoms with Crippen LogP contribution in [0.4, 0.5) is 0 Å². The van der Waals surface area contributed by atoms with Gasteiger partial charge in [0.05, 0.1) is 0 Å². The van der Waals surface area contributed by atoms with Crippen molar-refractivity contribution in [2.75, 3.05) is 0 Å². The van der Waals surface area contributed by atoms with E-state index in [1.807, 2.05) is 6.92 Å². The lowest BCUT2D eigenvalue weighted by Gasteiger charge is -2.00. The average Bonchev–Trinajstić information content (AvgIpc) is 2.04. The Morgan fingerprint density at radius 3 is 2.67 bits per heavy atom. The van der Waals surface area contributed by atoms with Crippen LogP contribution in [0.1, 0.15) is 26.3 Å². The number of primary amides is 1. The third-order valence-corrected chi connectivity index (χ3v) is 1.60. The molecular formula is C9H9NO2. The highest BCUT2D eigenvalue weighted by molar-refractivity contribution is 6.00. The molecule has 0 aromatic heterocycles. The fourth-order valence-corrected chi connectivity index (χ4v) is 0.986. The van der Waals surface area contributed by atoms with Gasteiger partial charge < -0.3 is 5.73 Å². The van der Waals surface area contributed by atoms with E-state index >= 15 is 0 Å². The molecule has 0 aliphatic rings. The number of carbonyl (C=O) groups excluding carboxylic acids is 2. The molecule has 3 heteroatoms. The quantitative estimate of drug-likeness (QED) is 0.658. The van der Waals surface area contributed by atoms with E-state index < -0.39 is 5.91 Å². The van der Waals surface area contributed by atoms with Crippen LogP contribution in [0, 0.1) is 6.92 Å². The summed E-state index contributed by atoms with van der Waals surface area (Å²) >= 11 is 0. The molecule has 0 aliphatic heterocycles. The third-order valence-electron chi connectivity index (χ3n) is 1.60. The summed E-state index contributed by atoms with van der Waals surface area (Å²) in [5, 5.41) is 0. The number of nitrogens with two attached hydrogens (primary N) is 1. The molecule has 1 aromatic rings. The van der Waals surface area contributed by atoms with Crippen molar-refractivity contribution >= 4 is 12.2 Å². The van der Waals surface area contributed by atoms with Crippen molar-refractivity contribution in [3.05, 3.63) is 34.9 Å². The highest BCUT2D eigenvalue weighted by atomic mass is 16.1. The van der Waals surface area contributed by atoms with Crippen LogP contribution in [-0.4, -0.2) is 12.2 Å². The number of hydrogen-bond donors (Lipinski definition) is 1. The number of amides is 1. The summed E-state index contributed by atoms with van der Waals surface area (Å²) in [4.78, 5) is 21.2. The van der Waals surface area contributed by atoms with Gasteiger partial charge in [-0.25, -0.2) is 0 Å². The van der Waals surface area contributed by atoms with E-state index in [0.717, 1.165) is 5.56 Å². The second kappa shape index (κ2) is 3.17. The van der Waals surface area contributed by atoms with E-state index in [9.17, 15) is 9.59 Å². The maximum Gasteiger partial charge on any atom is 0.249 e. The van der Waals surface area contributed by atoms with Gasteiger partial charge in [0, 0.05) is 11.1 Å². The van der Waals surface area contributed by atoms with Gasteiger partial charge in [-0.3, -0.25) is 9.59 Å².